The molecule has 1 aromatic carbocycles. The van der Waals surface area contributed by atoms with Gasteiger partial charge in [0.05, 0.1) is 37.5 Å². The van der Waals surface area contributed by atoms with Crippen LogP contribution >= 0.6 is 0 Å². The molecule has 1 atom stereocenters. The van der Waals surface area contributed by atoms with Crippen molar-refractivity contribution in [2.24, 2.45) is 0 Å². The van der Waals surface area contributed by atoms with Gasteiger partial charge < -0.3 is 30.0 Å². The van der Waals surface area contributed by atoms with E-state index in [-0.39, 0.29) is 36.5 Å². The number of pyridine rings is 1. The molecule has 5 rings (SSSR count). The molecule has 0 radical (unpaired) electrons. The third-order valence-electron chi connectivity index (χ3n) is 7.46. The van der Waals surface area contributed by atoms with Gasteiger partial charge >= 0.3 is 5.97 Å². The predicted molar refractivity (Wildman–Crippen MR) is 161 cm³/mol. The van der Waals surface area contributed by atoms with Crippen molar-refractivity contribution >= 4 is 40.1 Å². The van der Waals surface area contributed by atoms with Gasteiger partial charge in [-0.05, 0) is 25.2 Å². The highest BCUT2D eigenvalue weighted by Crippen LogP contribution is 2.33. The Hall–Kier alpha value is -4.46. The number of para-hydroxylation sites is 1. The van der Waals surface area contributed by atoms with Gasteiger partial charge in [0, 0.05) is 74.4 Å². The van der Waals surface area contributed by atoms with E-state index >= 15 is 4.39 Å². The number of rotatable bonds is 11. The van der Waals surface area contributed by atoms with Crippen molar-refractivity contribution in [3.63, 3.8) is 0 Å². The maximum Gasteiger partial charge on any atom is 0.305 e. The summed E-state index contributed by atoms with van der Waals surface area (Å²) in [5.74, 6) is -0.893. The highest BCUT2D eigenvalue weighted by atomic mass is 19.1. The zero-order chi connectivity index (χ0) is 30.3. The molecule has 1 aliphatic rings. The number of nitrogens with one attached hydrogen (secondary N) is 3. The minimum atomic E-state index is -0.593. The van der Waals surface area contributed by atoms with Crippen LogP contribution in [0.4, 0.5) is 21.7 Å². The van der Waals surface area contributed by atoms with Crippen molar-refractivity contribution in [1.29, 1.82) is 0 Å². The van der Waals surface area contributed by atoms with Crippen LogP contribution in [-0.2, 0) is 25.5 Å². The number of ether oxygens (including phenoxy) is 2. The lowest BCUT2D eigenvalue weighted by molar-refractivity contribution is -0.140. The molecule has 226 valence electrons. The van der Waals surface area contributed by atoms with E-state index in [4.69, 9.17) is 9.47 Å². The molecular formula is C30H35FN8O4. The number of anilines is 3. The smallest absolute Gasteiger partial charge is 0.305 e. The number of aromatic nitrogens is 4. The van der Waals surface area contributed by atoms with Crippen LogP contribution in [0.25, 0.3) is 22.2 Å². The van der Waals surface area contributed by atoms with Crippen molar-refractivity contribution in [1.82, 2.24) is 29.7 Å². The average Bonchev–Trinajstić information content (AvgIpc) is 3.45. The van der Waals surface area contributed by atoms with E-state index in [0.29, 0.717) is 40.0 Å². The zero-order valence-electron chi connectivity index (χ0n) is 24.4. The van der Waals surface area contributed by atoms with Crippen LogP contribution in [-0.4, -0.2) is 102 Å². The van der Waals surface area contributed by atoms with Gasteiger partial charge in [-0.2, -0.15) is 0 Å². The van der Waals surface area contributed by atoms with E-state index in [9.17, 15) is 9.59 Å². The maximum absolute atomic E-state index is 15.1. The van der Waals surface area contributed by atoms with Crippen LogP contribution in [0.2, 0.25) is 0 Å². The van der Waals surface area contributed by atoms with Crippen LogP contribution in [0.5, 0.6) is 0 Å². The van der Waals surface area contributed by atoms with E-state index in [2.05, 4.69) is 47.4 Å². The zero-order valence-corrected chi connectivity index (χ0v) is 24.4. The summed E-state index contributed by atoms with van der Waals surface area (Å²) < 4.78 is 25.2. The fraction of sp³-hybridized carbons (Fsp3) is 0.367. The molecule has 0 aliphatic carbocycles. The third kappa shape index (κ3) is 7.13. The summed E-state index contributed by atoms with van der Waals surface area (Å²) in [7, 11) is 5.00. The summed E-state index contributed by atoms with van der Waals surface area (Å²) in [6, 6.07) is 8.52. The van der Waals surface area contributed by atoms with Crippen LogP contribution in [0, 0.1) is 5.82 Å². The highest BCUT2D eigenvalue weighted by Gasteiger charge is 2.29. The lowest BCUT2D eigenvalue weighted by Crippen LogP contribution is -2.54. The van der Waals surface area contributed by atoms with E-state index in [1.54, 1.807) is 37.7 Å². The quantitative estimate of drug-likeness (QED) is 0.223. The second-order valence-corrected chi connectivity index (χ2v) is 10.4. The Kier molecular flexibility index (Phi) is 9.55. The average molecular weight is 591 g/mol. The number of aryl methyl sites for hydroxylation is 1. The first-order chi connectivity index (χ1) is 20.9. The number of methoxy groups -OCH3 is 2. The number of carbonyl (C=O) groups excluding carboxylic acids is 2. The second-order valence-electron chi connectivity index (χ2n) is 10.4. The number of likely N-dealkylation sites (N-methyl/N-ethyl adjacent to an activating group) is 1. The number of fused-ring (bicyclic) bond motifs is 1. The third-order valence-corrected chi connectivity index (χ3v) is 7.46. The summed E-state index contributed by atoms with van der Waals surface area (Å²) in [6.07, 6.45) is 5.00. The molecule has 4 heterocycles. The Bertz CT molecular complexity index is 1590. The maximum atomic E-state index is 15.1. The number of H-pyrrole nitrogens is 1. The topological polar surface area (TPSA) is 138 Å². The van der Waals surface area contributed by atoms with Gasteiger partial charge in [-0.25, -0.2) is 14.4 Å². The number of hydrogen-bond acceptors (Lipinski definition) is 10. The van der Waals surface area contributed by atoms with Crippen molar-refractivity contribution < 1.29 is 23.5 Å². The van der Waals surface area contributed by atoms with Crippen LogP contribution in [0.1, 0.15) is 12.1 Å². The van der Waals surface area contributed by atoms with Gasteiger partial charge in [-0.3, -0.25) is 19.5 Å². The molecule has 0 unspecified atom stereocenters. The molecule has 13 heteroatoms. The second kappa shape index (κ2) is 13.7. The van der Waals surface area contributed by atoms with E-state index < -0.39 is 11.9 Å². The number of hydrogen-bond donors (Lipinski definition) is 3. The molecule has 12 nitrogen and oxygen atoms in total. The first kappa shape index (κ1) is 30.0. The molecule has 1 aliphatic heterocycles. The fourth-order valence-electron chi connectivity index (χ4n) is 5.08. The van der Waals surface area contributed by atoms with Gasteiger partial charge in [-0.15, -0.1) is 0 Å². The predicted octanol–water partition coefficient (Wildman–Crippen LogP) is 3.21. The van der Waals surface area contributed by atoms with Gasteiger partial charge in [0.2, 0.25) is 11.9 Å². The number of benzene rings is 1. The Labute approximate surface area is 248 Å². The molecule has 43 heavy (non-hydrogen) atoms. The summed E-state index contributed by atoms with van der Waals surface area (Å²) in [5.41, 5.74) is 3.17. The highest BCUT2D eigenvalue weighted by molar-refractivity contribution is 6.06. The number of piperazine rings is 1. The molecule has 0 spiro atoms. The van der Waals surface area contributed by atoms with E-state index in [0.717, 1.165) is 32.4 Å². The minimum Gasteiger partial charge on any atom is -0.469 e. The fourth-order valence-corrected chi connectivity index (χ4v) is 5.08. The molecule has 1 saturated heterocycles. The van der Waals surface area contributed by atoms with Gasteiger partial charge in [0.25, 0.3) is 0 Å². The monoisotopic (exact) mass is 590 g/mol. The van der Waals surface area contributed by atoms with Crippen molar-refractivity contribution in [3.05, 3.63) is 60.4 Å². The molecule has 0 saturated carbocycles. The van der Waals surface area contributed by atoms with Gasteiger partial charge in [0.15, 0.2) is 5.82 Å². The number of aromatic amines is 1. The molecule has 0 bridgehead atoms. The normalized spacial score (nSPS) is 14.9. The summed E-state index contributed by atoms with van der Waals surface area (Å²) in [6.45, 7) is 3.57. The van der Waals surface area contributed by atoms with Crippen LogP contribution < -0.4 is 10.6 Å². The Morgan fingerprint density at radius 3 is 2.72 bits per heavy atom. The van der Waals surface area contributed by atoms with Crippen molar-refractivity contribution in [3.8, 4) is 11.3 Å². The molecule has 1 amide bonds. The summed E-state index contributed by atoms with van der Waals surface area (Å²) in [4.78, 5) is 45.3. The van der Waals surface area contributed by atoms with Crippen molar-refractivity contribution in [2.45, 2.75) is 18.9 Å². The summed E-state index contributed by atoms with van der Waals surface area (Å²) >= 11 is 0. The first-order valence-corrected chi connectivity index (χ1v) is 14.0. The number of carbonyl (C=O) groups is 2. The first-order valence-electron chi connectivity index (χ1n) is 14.0. The van der Waals surface area contributed by atoms with Crippen LogP contribution in [0.3, 0.4) is 0 Å². The SMILES string of the molecule is COC[C@H](C(=O)Nc1cccc2c(-c3nc(Nc4ccnc(CCC(=O)OC)c4)ncc3F)c[nH]c12)N1CCN(C)CC1. The molecule has 3 aromatic heterocycles. The molecule has 1 fully saturated rings. The molecule has 3 N–H and O–H groups in total. The largest absolute Gasteiger partial charge is 0.469 e. The van der Waals surface area contributed by atoms with Gasteiger partial charge in [-0.1, -0.05) is 12.1 Å². The van der Waals surface area contributed by atoms with E-state index in [1.165, 1.54) is 7.11 Å². The number of halogens is 1. The number of amides is 1. The Balaban J connectivity index is 1.36. The lowest BCUT2D eigenvalue weighted by atomic mass is 10.1. The lowest BCUT2D eigenvalue weighted by Gasteiger charge is -2.36. The van der Waals surface area contributed by atoms with Crippen molar-refractivity contribution in [2.75, 3.05) is 64.7 Å². The minimum absolute atomic E-state index is 0.0990. The number of nitrogens with zero attached hydrogens (tertiary/aromatic N) is 5. The Morgan fingerprint density at radius 1 is 1.14 bits per heavy atom. The molecular weight excluding hydrogens is 555 g/mol. The standard InChI is InChI=1S/C30H35FN8O4/c1-38-11-13-39(14-12-38)25(18-42-2)29(41)36-24-6-4-5-21-22(16-33-28(21)24)27-23(31)17-34-30(37-27)35-20-9-10-32-19(15-20)7-8-26(40)43-3/h4-6,9-10,15-17,25,33H,7-8,11-14,18H2,1-3H3,(H,36,41)(H,32,34,35,37)/t25-/m1/s1. The van der Waals surface area contributed by atoms with E-state index in [1.807, 2.05) is 12.1 Å². The van der Waals surface area contributed by atoms with Gasteiger partial charge in [0.1, 0.15) is 11.7 Å². The summed E-state index contributed by atoms with van der Waals surface area (Å²) in [5, 5.41) is 6.83. The Morgan fingerprint density at radius 2 is 1.95 bits per heavy atom. The van der Waals surface area contributed by atoms with Crippen LogP contribution in [0.15, 0.2) is 48.9 Å². The number of esters is 1. The molecule has 4 aromatic rings.